The fourth-order valence-electron chi connectivity index (χ4n) is 1.30. The second-order valence-electron chi connectivity index (χ2n) is 3.07. The summed E-state index contributed by atoms with van der Waals surface area (Å²) in [5.74, 6) is 1.17. The minimum atomic E-state index is 0.432. The quantitative estimate of drug-likeness (QED) is 0.841. The van der Waals surface area contributed by atoms with Crippen molar-refractivity contribution in [1.29, 1.82) is 0 Å². The summed E-state index contributed by atoms with van der Waals surface area (Å²) in [5, 5.41) is 3.67. The highest BCUT2D eigenvalue weighted by Crippen LogP contribution is 2.29. The van der Waals surface area contributed by atoms with Crippen LogP contribution < -0.4 is 4.74 Å². The number of nitrogens with zero attached hydrogens (tertiary/aromatic N) is 2. The summed E-state index contributed by atoms with van der Waals surface area (Å²) in [6.45, 7) is 1.99. The van der Waals surface area contributed by atoms with E-state index >= 15 is 0 Å². The van der Waals surface area contributed by atoms with Crippen molar-refractivity contribution in [3.63, 3.8) is 0 Å². The first-order chi connectivity index (χ1) is 7.20. The normalized spacial score (nSPS) is 10.3. The van der Waals surface area contributed by atoms with Gasteiger partial charge in [-0.2, -0.15) is 4.98 Å². The molecule has 1 aromatic carbocycles. The van der Waals surface area contributed by atoms with E-state index in [1.54, 1.807) is 7.11 Å². The van der Waals surface area contributed by atoms with Crippen LogP contribution in [0.5, 0.6) is 5.75 Å². The lowest BCUT2D eigenvalue weighted by Gasteiger charge is -2.04. The van der Waals surface area contributed by atoms with Gasteiger partial charge in [0.2, 0.25) is 4.73 Å². The Morgan fingerprint density at radius 2 is 2.20 bits per heavy atom. The van der Waals surface area contributed by atoms with Gasteiger partial charge in [-0.05, 0) is 40.1 Å². The van der Waals surface area contributed by atoms with Gasteiger partial charge in [0, 0.05) is 0 Å². The van der Waals surface area contributed by atoms with Crippen LogP contribution in [0.4, 0.5) is 0 Å². The molecule has 0 aliphatic heterocycles. The summed E-state index contributed by atoms with van der Waals surface area (Å²) in [6.07, 6.45) is 0. The number of halogens is 1. The molecule has 4 nitrogen and oxygen atoms in total. The van der Waals surface area contributed by atoms with Crippen molar-refractivity contribution < 1.29 is 9.26 Å². The third-order valence-corrected chi connectivity index (χ3v) is 2.31. The van der Waals surface area contributed by atoms with Crippen LogP contribution in [0.2, 0.25) is 0 Å². The van der Waals surface area contributed by atoms with Crippen LogP contribution in [0.15, 0.2) is 27.5 Å². The fourth-order valence-corrected chi connectivity index (χ4v) is 1.54. The zero-order chi connectivity index (χ0) is 10.8. The lowest BCUT2D eigenvalue weighted by Crippen LogP contribution is -1.88. The van der Waals surface area contributed by atoms with Crippen LogP contribution in [-0.2, 0) is 0 Å². The molecule has 0 aliphatic carbocycles. The molecule has 15 heavy (non-hydrogen) atoms. The maximum Gasteiger partial charge on any atom is 0.262 e. The van der Waals surface area contributed by atoms with Gasteiger partial charge in [-0.3, -0.25) is 0 Å². The van der Waals surface area contributed by atoms with E-state index in [2.05, 4.69) is 26.1 Å². The molecule has 0 radical (unpaired) electrons. The predicted molar refractivity (Wildman–Crippen MR) is 58.7 cm³/mol. The maximum absolute atomic E-state index is 5.22. The van der Waals surface area contributed by atoms with E-state index in [-0.39, 0.29) is 0 Å². The van der Waals surface area contributed by atoms with E-state index in [1.807, 2.05) is 25.1 Å². The van der Waals surface area contributed by atoms with Crippen molar-refractivity contribution >= 4 is 15.9 Å². The Bertz CT molecular complexity index is 482. The molecule has 0 saturated heterocycles. The van der Waals surface area contributed by atoms with Crippen LogP contribution in [0.25, 0.3) is 11.5 Å². The maximum atomic E-state index is 5.22. The van der Waals surface area contributed by atoms with Crippen molar-refractivity contribution in [3.05, 3.63) is 28.5 Å². The molecular weight excluding hydrogens is 260 g/mol. The van der Waals surface area contributed by atoms with Crippen molar-refractivity contribution in [2.75, 3.05) is 7.11 Å². The third-order valence-electron chi connectivity index (χ3n) is 1.99. The number of methoxy groups -OCH3 is 1. The standard InChI is InChI=1S/C10H9BrN2O2/c1-6-3-4-8(14-2)7(5-6)9-12-10(11)13-15-9/h3-5H,1-2H3. The monoisotopic (exact) mass is 268 g/mol. The molecule has 0 fully saturated rings. The van der Waals surface area contributed by atoms with E-state index in [4.69, 9.17) is 9.26 Å². The minimum absolute atomic E-state index is 0.432. The Balaban J connectivity index is 2.55. The van der Waals surface area contributed by atoms with E-state index < -0.39 is 0 Å². The minimum Gasteiger partial charge on any atom is -0.496 e. The molecule has 0 N–H and O–H groups in total. The van der Waals surface area contributed by atoms with Crippen LogP contribution in [0.3, 0.4) is 0 Å². The Kier molecular flexibility index (Phi) is 2.73. The Labute approximate surface area is 95.4 Å². The fraction of sp³-hybridized carbons (Fsp3) is 0.200. The van der Waals surface area contributed by atoms with Crippen LogP contribution in [0.1, 0.15) is 5.56 Å². The molecule has 0 spiro atoms. The largest absolute Gasteiger partial charge is 0.496 e. The van der Waals surface area contributed by atoms with Gasteiger partial charge in [0.25, 0.3) is 5.89 Å². The Morgan fingerprint density at radius 3 is 2.80 bits per heavy atom. The van der Waals surface area contributed by atoms with E-state index in [9.17, 15) is 0 Å². The topological polar surface area (TPSA) is 48.2 Å². The lowest BCUT2D eigenvalue weighted by molar-refractivity contribution is 0.404. The van der Waals surface area contributed by atoms with Crippen molar-refractivity contribution in [2.24, 2.45) is 0 Å². The highest BCUT2D eigenvalue weighted by Gasteiger charge is 2.12. The van der Waals surface area contributed by atoms with Crippen molar-refractivity contribution in [3.8, 4) is 17.2 Å². The average molecular weight is 269 g/mol. The number of ether oxygens (including phenoxy) is 1. The number of hydrogen-bond acceptors (Lipinski definition) is 4. The molecule has 1 aromatic heterocycles. The van der Waals surface area contributed by atoms with Gasteiger partial charge in [0.05, 0.1) is 12.7 Å². The Hall–Kier alpha value is -1.36. The molecular formula is C10H9BrN2O2. The van der Waals surface area contributed by atoms with Gasteiger partial charge in [-0.15, -0.1) is 0 Å². The molecule has 0 saturated carbocycles. The SMILES string of the molecule is COc1ccc(C)cc1-c1nc(Br)no1. The summed E-state index contributed by atoms with van der Waals surface area (Å²) >= 11 is 3.14. The van der Waals surface area contributed by atoms with Gasteiger partial charge < -0.3 is 9.26 Å². The molecule has 0 atom stereocenters. The number of aryl methyl sites for hydroxylation is 1. The summed E-state index contributed by atoms with van der Waals surface area (Å²) in [5.41, 5.74) is 1.91. The lowest BCUT2D eigenvalue weighted by atomic mass is 10.1. The van der Waals surface area contributed by atoms with Crippen LogP contribution in [-0.4, -0.2) is 17.3 Å². The van der Waals surface area contributed by atoms with Gasteiger partial charge >= 0.3 is 0 Å². The van der Waals surface area contributed by atoms with Gasteiger partial charge in [-0.1, -0.05) is 11.6 Å². The first kappa shape index (κ1) is 10.2. The van der Waals surface area contributed by atoms with Crippen LogP contribution in [0, 0.1) is 6.92 Å². The first-order valence-corrected chi connectivity index (χ1v) is 5.14. The smallest absolute Gasteiger partial charge is 0.262 e. The summed E-state index contributed by atoms with van der Waals surface area (Å²) in [7, 11) is 1.61. The predicted octanol–water partition coefficient (Wildman–Crippen LogP) is 2.82. The van der Waals surface area contributed by atoms with Gasteiger partial charge in [0.15, 0.2) is 0 Å². The number of aromatic nitrogens is 2. The first-order valence-electron chi connectivity index (χ1n) is 4.35. The molecule has 5 heteroatoms. The summed E-state index contributed by atoms with van der Waals surface area (Å²) < 4.78 is 10.7. The van der Waals surface area contributed by atoms with E-state index in [0.717, 1.165) is 16.9 Å². The second-order valence-corrected chi connectivity index (χ2v) is 3.78. The third kappa shape index (κ3) is 2.02. The summed E-state index contributed by atoms with van der Waals surface area (Å²) in [4.78, 5) is 4.09. The molecule has 2 aromatic rings. The Morgan fingerprint density at radius 1 is 1.40 bits per heavy atom. The molecule has 78 valence electrons. The van der Waals surface area contributed by atoms with E-state index in [1.165, 1.54) is 0 Å². The molecule has 0 bridgehead atoms. The molecule has 2 rings (SSSR count). The van der Waals surface area contributed by atoms with E-state index in [0.29, 0.717) is 10.6 Å². The molecule has 0 amide bonds. The molecule has 1 heterocycles. The van der Waals surface area contributed by atoms with Crippen molar-refractivity contribution in [2.45, 2.75) is 6.92 Å². The summed E-state index contributed by atoms with van der Waals surface area (Å²) in [6, 6.07) is 5.79. The van der Waals surface area contributed by atoms with Gasteiger partial charge in [-0.25, -0.2) is 0 Å². The van der Waals surface area contributed by atoms with Gasteiger partial charge in [0.1, 0.15) is 5.75 Å². The highest BCUT2D eigenvalue weighted by atomic mass is 79.9. The van der Waals surface area contributed by atoms with Crippen LogP contribution >= 0.6 is 15.9 Å². The molecule has 0 unspecified atom stereocenters. The second kappa shape index (κ2) is 4.02. The number of rotatable bonds is 2. The highest BCUT2D eigenvalue weighted by molar-refractivity contribution is 9.10. The van der Waals surface area contributed by atoms with Crippen molar-refractivity contribution in [1.82, 2.24) is 10.1 Å². The zero-order valence-electron chi connectivity index (χ0n) is 8.32. The average Bonchev–Trinajstić information content (AvgIpc) is 2.65. The molecule has 0 aliphatic rings. The zero-order valence-corrected chi connectivity index (χ0v) is 9.91. The number of hydrogen-bond donors (Lipinski definition) is 0. The number of benzene rings is 1.